The average molecular weight is 254 g/mol. The molecule has 0 amide bonds. The molecule has 0 spiro atoms. The molecule has 17 heavy (non-hydrogen) atoms. The summed E-state index contributed by atoms with van der Waals surface area (Å²) in [5, 5.41) is 5.01. The molecule has 0 aromatic carbocycles. The van der Waals surface area contributed by atoms with Gasteiger partial charge in [0.25, 0.3) is 5.22 Å². The highest BCUT2D eigenvalue weighted by Gasteiger charge is 2.42. The Labute approximate surface area is 108 Å². The van der Waals surface area contributed by atoms with Crippen LogP contribution in [0.3, 0.4) is 0 Å². The zero-order chi connectivity index (χ0) is 12.5. The molecule has 0 aliphatic heterocycles. The largest absolute Gasteiger partial charge is 0.440 e. The van der Waals surface area contributed by atoms with Crippen LogP contribution in [0.25, 0.3) is 0 Å². The fraction of sp³-hybridized carbons (Fsp3) is 0.769. The van der Waals surface area contributed by atoms with Crippen LogP contribution in [0.2, 0.25) is 0 Å². The zero-order valence-electron chi connectivity index (χ0n) is 11.1. The van der Waals surface area contributed by atoms with Gasteiger partial charge < -0.3 is 9.73 Å². The van der Waals surface area contributed by atoms with E-state index >= 15 is 0 Å². The molecule has 1 aliphatic carbocycles. The molecule has 0 radical (unpaired) electrons. The lowest BCUT2D eigenvalue weighted by Gasteiger charge is -2.30. The van der Waals surface area contributed by atoms with E-state index in [0.29, 0.717) is 16.7 Å². The second-order valence-corrected chi connectivity index (χ2v) is 6.66. The van der Waals surface area contributed by atoms with Crippen LogP contribution in [0.5, 0.6) is 0 Å². The summed E-state index contributed by atoms with van der Waals surface area (Å²) < 4.78 is 5.44. The Kier molecular flexibility index (Phi) is 3.83. The number of hydrogen-bond acceptors (Lipinski definition) is 4. The topological polar surface area (TPSA) is 38.1 Å². The van der Waals surface area contributed by atoms with E-state index in [4.69, 9.17) is 4.42 Å². The predicted molar refractivity (Wildman–Crippen MR) is 71.4 cm³/mol. The molecule has 0 bridgehead atoms. The fourth-order valence-corrected chi connectivity index (χ4v) is 4.01. The molecule has 1 aromatic rings. The Morgan fingerprint density at radius 1 is 1.59 bits per heavy atom. The first-order valence-corrected chi connectivity index (χ1v) is 7.23. The minimum atomic E-state index is 0.370. The van der Waals surface area contributed by atoms with Gasteiger partial charge in [0.2, 0.25) is 0 Å². The third-order valence-electron chi connectivity index (χ3n) is 3.56. The van der Waals surface area contributed by atoms with Crippen LogP contribution in [-0.2, 0) is 0 Å². The van der Waals surface area contributed by atoms with E-state index in [1.807, 2.05) is 6.92 Å². The van der Waals surface area contributed by atoms with Crippen LogP contribution in [0, 0.1) is 12.3 Å². The highest BCUT2D eigenvalue weighted by atomic mass is 32.2. The van der Waals surface area contributed by atoms with Crippen LogP contribution >= 0.6 is 11.8 Å². The summed E-state index contributed by atoms with van der Waals surface area (Å²) in [7, 11) is 0. The Hall–Kier alpha value is -0.480. The Morgan fingerprint density at radius 2 is 2.35 bits per heavy atom. The van der Waals surface area contributed by atoms with Gasteiger partial charge in [-0.2, -0.15) is 0 Å². The molecule has 2 atom stereocenters. The smallest absolute Gasteiger partial charge is 0.256 e. The lowest BCUT2D eigenvalue weighted by atomic mass is 9.87. The van der Waals surface area contributed by atoms with Crippen molar-refractivity contribution in [1.29, 1.82) is 0 Å². The van der Waals surface area contributed by atoms with E-state index in [1.165, 1.54) is 12.8 Å². The minimum Gasteiger partial charge on any atom is -0.440 e. The van der Waals surface area contributed by atoms with Crippen molar-refractivity contribution in [2.24, 2.45) is 5.41 Å². The van der Waals surface area contributed by atoms with Gasteiger partial charge in [0.1, 0.15) is 6.26 Å². The van der Waals surface area contributed by atoms with Crippen LogP contribution in [0.15, 0.2) is 15.9 Å². The summed E-state index contributed by atoms with van der Waals surface area (Å²) in [6.07, 6.45) is 4.23. The lowest BCUT2D eigenvalue weighted by molar-refractivity contribution is 0.290. The third kappa shape index (κ3) is 2.86. The first-order valence-electron chi connectivity index (χ1n) is 6.35. The van der Waals surface area contributed by atoms with Gasteiger partial charge in [0.15, 0.2) is 0 Å². The Bertz CT molecular complexity index is 375. The van der Waals surface area contributed by atoms with E-state index in [-0.39, 0.29) is 0 Å². The van der Waals surface area contributed by atoms with E-state index in [1.54, 1.807) is 18.0 Å². The summed E-state index contributed by atoms with van der Waals surface area (Å²) in [5.74, 6) is 0. The molecule has 0 saturated heterocycles. The Balaban J connectivity index is 2.05. The normalized spacial score (nSPS) is 27.5. The van der Waals surface area contributed by atoms with Gasteiger partial charge in [-0.1, -0.05) is 32.5 Å². The zero-order valence-corrected chi connectivity index (χ0v) is 11.9. The number of thioether (sulfide) groups is 1. The first kappa shape index (κ1) is 13.0. The minimum absolute atomic E-state index is 0.370. The van der Waals surface area contributed by atoms with Crippen molar-refractivity contribution < 1.29 is 4.42 Å². The standard InChI is InChI=1S/C13H22N2OS/c1-5-14-11-10(6-7-13(11,3)4)17-12-15-9(2)8-16-12/h8,10-11,14H,5-7H2,1-4H3. The van der Waals surface area contributed by atoms with Crippen LogP contribution in [-0.4, -0.2) is 22.8 Å². The molecule has 3 nitrogen and oxygen atoms in total. The van der Waals surface area contributed by atoms with Gasteiger partial charge in [0.05, 0.1) is 5.69 Å². The first-order chi connectivity index (χ1) is 8.03. The molecular formula is C13H22N2OS. The van der Waals surface area contributed by atoms with Gasteiger partial charge in [-0.25, -0.2) is 4.98 Å². The van der Waals surface area contributed by atoms with Crippen molar-refractivity contribution in [2.45, 2.75) is 57.1 Å². The average Bonchev–Trinajstić information content (AvgIpc) is 2.77. The SMILES string of the molecule is CCNC1C(Sc2nc(C)co2)CCC1(C)C. The van der Waals surface area contributed by atoms with E-state index in [9.17, 15) is 0 Å². The molecule has 2 rings (SSSR count). The quantitative estimate of drug-likeness (QED) is 0.895. The molecule has 1 heterocycles. The van der Waals surface area contributed by atoms with Crippen LogP contribution in [0.1, 0.15) is 39.3 Å². The molecule has 96 valence electrons. The van der Waals surface area contributed by atoms with Gasteiger partial charge in [-0.05, 0) is 31.7 Å². The summed E-state index contributed by atoms with van der Waals surface area (Å²) in [6.45, 7) is 9.86. The highest BCUT2D eigenvalue weighted by Crippen LogP contribution is 2.44. The van der Waals surface area contributed by atoms with Crippen LogP contribution in [0.4, 0.5) is 0 Å². The van der Waals surface area contributed by atoms with E-state index < -0.39 is 0 Å². The summed E-state index contributed by atoms with van der Waals surface area (Å²) in [4.78, 5) is 4.39. The van der Waals surface area contributed by atoms with Gasteiger partial charge in [-0.15, -0.1) is 0 Å². The second kappa shape index (κ2) is 5.02. The van der Waals surface area contributed by atoms with Crippen LogP contribution < -0.4 is 5.32 Å². The maximum atomic E-state index is 5.44. The fourth-order valence-electron chi connectivity index (χ4n) is 2.61. The molecule has 1 aromatic heterocycles. The molecule has 1 saturated carbocycles. The van der Waals surface area contributed by atoms with Crippen molar-refractivity contribution in [2.75, 3.05) is 6.54 Å². The number of hydrogen-bond donors (Lipinski definition) is 1. The summed E-state index contributed by atoms with van der Waals surface area (Å²) in [6, 6.07) is 0.546. The molecule has 1 aliphatic rings. The highest BCUT2D eigenvalue weighted by molar-refractivity contribution is 7.99. The van der Waals surface area contributed by atoms with Gasteiger partial charge >= 0.3 is 0 Å². The van der Waals surface area contributed by atoms with Crippen molar-refractivity contribution in [3.63, 3.8) is 0 Å². The molecule has 2 unspecified atom stereocenters. The Morgan fingerprint density at radius 3 is 2.94 bits per heavy atom. The number of rotatable bonds is 4. The predicted octanol–water partition coefficient (Wildman–Crippen LogP) is 3.24. The number of aromatic nitrogens is 1. The van der Waals surface area contributed by atoms with Gasteiger partial charge in [0, 0.05) is 11.3 Å². The van der Waals surface area contributed by atoms with Crippen molar-refractivity contribution in [1.82, 2.24) is 10.3 Å². The molecule has 1 N–H and O–H groups in total. The summed E-state index contributed by atoms with van der Waals surface area (Å²) >= 11 is 1.78. The van der Waals surface area contributed by atoms with Crippen molar-refractivity contribution in [3.8, 4) is 0 Å². The van der Waals surface area contributed by atoms with Gasteiger partial charge in [-0.3, -0.25) is 0 Å². The molecule has 4 heteroatoms. The maximum absolute atomic E-state index is 5.44. The summed E-state index contributed by atoms with van der Waals surface area (Å²) in [5.41, 5.74) is 1.33. The van der Waals surface area contributed by atoms with Crippen molar-refractivity contribution >= 4 is 11.8 Å². The molecular weight excluding hydrogens is 232 g/mol. The molecule has 1 fully saturated rings. The van der Waals surface area contributed by atoms with E-state index in [0.717, 1.165) is 17.5 Å². The third-order valence-corrected chi connectivity index (χ3v) is 4.76. The lowest BCUT2D eigenvalue weighted by Crippen LogP contribution is -2.43. The number of nitrogens with one attached hydrogen (secondary N) is 1. The van der Waals surface area contributed by atoms with Crippen molar-refractivity contribution in [3.05, 3.63) is 12.0 Å². The van der Waals surface area contributed by atoms with E-state index in [2.05, 4.69) is 31.1 Å². The number of nitrogens with zero attached hydrogens (tertiary/aromatic N) is 1. The monoisotopic (exact) mass is 254 g/mol. The number of aryl methyl sites for hydroxylation is 1. The maximum Gasteiger partial charge on any atom is 0.256 e. The number of oxazole rings is 1. The second-order valence-electron chi connectivity index (χ2n) is 5.47.